The summed E-state index contributed by atoms with van der Waals surface area (Å²) in [5.74, 6) is 3.17. The van der Waals surface area contributed by atoms with Gasteiger partial charge in [-0.1, -0.05) is 13.3 Å². The van der Waals surface area contributed by atoms with Gasteiger partial charge in [-0.05, 0) is 50.5 Å². The van der Waals surface area contributed by atoms with E-state index in [0.717, 1.165) is 30.3 Å². The van der Waals surface area contributed by atoms with E-state index >= 15 is 0 Å². The van der Waals surface area contributed by atoms with Crippen molar-refractivity contribution in [2.24, 2.45) is 17.8 Å². The molecule has 1 nitrogen and oxygen atoms in total. The number of rotatable bonds is 3. The van der Waals surface area contributed by atoms with Gasteiger partial charge < -0.3 is 5.32 Å². The van der Waals surface area contributed by atoms with Gasteiger partial charge in [-0.3, -0.25) is 0 Å². The van der Waals surface area contributed by atoms with Gasteiger partial charge in [-0.15, -0.1) is 0 Å². The molecule has 0 aromatic rings. The molecule has 2 bridgehead atoms. The topological polar surface area (TPSA) is 12.0 Å². The number of hydrogen-bond acceptors (Lipinski definition) is 1. The van der Waals surface area contributed by atoms with Crippen molar-refractivity contribution in [3.8, 4) is 0 Å². The number of fused-ring (bicyclic) bond motifs is 2. The largest absolute Gasteiger partial charge is 0.314 e. The van der Waals surface area contributed by atoms with Crippen molar-refractivity contribution < 1.29 is 0 Å². The van der Waals surface area contributed by atoms with E-state index < -0.39 is 0 Å². The SMILES string of the molecule is CCNC(C)[C@H]1CC2CC[C@H]1C2. The Labute approximate surface area is 75.9 Å². The summed E-state index contributed by atoms with van der Waals surface area (Å²) >= 11 is 0. The molecule has 2 aliphatic carbocycles. The average molecular weight is 167 g/mol. The lowest BCUT2D eigenvalue weighted by Crippen LogP contribution is -2.35. The molecule has 0 spiro atoms. The molecule has 2 aliphatic rings. The highest BCUT2D eigenvalue weighted by molar-refractivity contribution is 4.93. The first-order valence-electron chi connectivity index (χ1n) is 5.54. The Bertz CT molecular complexity index is 155. The van der Waals surface area contributed by atoms with Crippen LogP contribution in [0.15, 0.2) is 0 Å². The second kappa shape index (κ2) is 3.37. The third-order valence-corrected chi connectivity index (χ3v) is 3.96. The predicted octanol–water partition coefficient (Wildman–Crippen LogP) is 2.42. The molecule has 2 rings (SSSR count). The minimum Gasteiger partial charge on any atom is -0.314 e. The van der Waals surface area contributed by atoms with Crippen LogP contribution in [0.25, 0.3) is 0 Å². The first kappa shape index (κ1) is 8.55. The van der Waals surface area contributed by atoms with Crippen LogP contribution in [-0.2, 0) is 0 Å². The van der Waals surface area contributed by atoms with Gasteiger partial charge >= 0.3 is 0 Å². The van der Waals surface area contributed by atoms with Crippen molar-refractivity contribution in [2.45, 2.75) is 45.6 Å². The summed E-state index contributed by atoms with van der Waals surface area (Å²) in [5.41, 5.74) is 0. The predicted molar refractivity (Wildman–Crippen MR) is 52.1 cm³/mol. The van der Waals surface area contributed by atoms with E-state index in [0.29, 0.717) is 0 Å². The molecule has 0 aliphatic heterocycles. The maximum atomic E-state index is 3.57. The maximum absolute atomic E-state index is 3.57. The van der Waals surface area contributed by atoms with Gasteiger partial charge in [0.15, 0.2) is 0 Å². The molecule has 0 radical (unpaired) electrons. The summed E-state index contributed by atoms with van der Waals surface area (Å²) in [7, 11) is 0. The Balaban J connectivity index is 1.89. The van der Waals surface area contributed by atoms with Crippen molar-refractivity contribution in [1.82, 2.24) is 5.32 Å². The summed E-state index contributed by atoms with van der Waals surface area (Å²) < 4.78 is 0. The van der Waals surface area contributed by atoms with Crippen LogP contribution >= 0.6 is 0 Å². The molecule has 2 fully saturated rings. The van der Waals surface area contributed by atoms with Crippen molar-refractivity contribution in [2.75, 3.05) is 6.54 Å². The van der Waals surface area contributed by atoms with Crippen LogP contribution in [0.1, 0.15) is 39.5 Å². The molecule has 0 amide bonds. The number of hydrogen-bond donors (Lipinski definition) is 1. The van der Waals surface area contributed by atoms with Gasteiger partial charge in [-0.2, -0.15) is 0 Å². The summed E-state index contributed by atoms with van der Waals surface area (Å²) in [6, 6.07) is 0.769. The fraction of sp³-hybridized carbons (Fsp3) is 1.00. The van der Waals surface area contributed by atoms with Gasteiger partial charge in [0.25, 0.3) is 0 Å². The summed E-state index contributed by atoms with van der Waals surface area (Å²) in [6.07, 6.45) is 6.10. The first-order chi connectivity index (χ1) is 5.81. The Morgan fingerprint density at radius 1 is 1.33 bits per heavy atom. The Morgan fingerprint density at radius 2 is 2.17 bits per heavy atom. The second-order valence-corrected chi connectivity index (χ2v) is 4.69. The fourth-order valence-corrected chi connectivity index (χ4v) is 3.38. The Kier molecular flexibility index (Phi) is 2.40. The van der Waals surface area contributed by atoms with E-state index in [4.69, 9.17) is 0 Å². The van der Waals surface area contributed by atoms with E-state index in [1.807, 2.05) is 0 Å². The zero-order chi connectivity index (χ0) is 8.55. The summed E-state index contributed by atoms with van der Waals surface area (Å²) in [4.78, 5) is 0. The summed E-state index contributed by atoms with van der Waals surface area (Å²) in [5, 5.41) is 3.57. The molecule has 0 aromatic heterocycles. The van der Waals surface area contributed by atoms with E-state index in [9.17, 15) is 0 Å². The van der Waals surface area contributed by atoms with E-state index in [1.54, 1.807) is 6.42 Å². The molecule has 4 atom stereocenters. The van der Waals surface area contributed by atoms with Crippen LogP contribution in [0.2, 0.25) is 0 Å². The third-order valence-electron chi connectivity index (χ3n) is 3.96. The standard InChI is InChI=1S/C11H21N/c1-3-12-8(2)11-7-9-4-5-10(11)6-9/h8-12H,3-7H2,1-2H3/t8?,9?,10-,11+/m0/s1. The molecular formula is C11H21N. The minimum absolute atomic E-state index is 0.769. The highest BCUT2D eigenvalue weighted by atomic mass is 14.9. The highest BCUT2D eigenvalue weighted by Crippen LogP contribution is 2.49. The van der Waals surface area contributed by atoms with Gasteiger partial charge in [0.2, 0.25) is 0 Å². The first-order valence-corrected chi connectivity index (χ1v) is 5.54. The van der Waals surface area contributed by atoms with Crippen LogP contribution in [0.4, 0.5) is 0 Å². The second-order valence-electron chi connectivity index (χ2n) is 4.69. The van der Waals surface area contributed by atoms with Crippen molar-refractivity contribution in [1.29, 1.82) is 0 Å². The lowest BCUT2D eigenvalue weighted by molar-refractivity contribution is 0.263. The molecule has 0 saturated heterocycles. The van der Waals surface area contributed by atoms with Crippen molar-refractivity contribution in [3.05, 3.63) is 0 Å². The van der Waals surface area contributed by atoms with Crippen molar-refractivity contribution in [3.63, 3.8) is 0 Å². The van der Waals surface area contributed by atoms with Gasteiger partial charge in [0.1, 0.15) is 0 Å². The van der Waals surface area contributed by atoms with Gasteiger partial charge in [-0.25, -0.2) is 0 Å². The third kappa shape index (κ3) is 1.39. The van der Waals surface area contributed by atoms with Gasteiger partial charge in [0.05, 0.1) is 0 Å². The molecule has 2 saturated carbocycles. The lowest BCUT2D eigenvalue weighted by Gasteiger charge is -2.28. The zero-order valence-electron chi connectivity index (χ0n) is 8.34. The monoisotopic (exact) mass is 167 g/mol. The van der Waals surface area contributed by atoms with E-state index in [-0.39, 0.29) is 0 Å². The van der Waals surface area contributed by atoms with E-state index in [2.05, 4.69) is 19.2 Å². The Hall–Kier alpha value is -0.0400. The molecule has 1 heteroatoms. The van der Waals surface area contributed by atoms with E-state index in [1.165, 1.54) is 19.3 Å². The molecule has 0 heterocycles. The van der Waals surface area contributed by atoms with Crippen LogP contribution < -0.4 is 5.32 Å². The average Bonchev–Trinajstić information content (AvgIpc) is 2.64. The van der Waals surface area contributed by atoms with Crippen molar-refractivity contribution >= 4 is 0 Å². The molecule has 1 N–H and O–H groups in total. The quantitative estimate of drug-likeness (QED) is 0.680. The zero-order valence-corrected chi connectivity index (χ0v) is 8.34. The fourth-order valence-electron chi connectivity index (χ4n) is 3.38. The molecular weight excluding hydrogens is 146 g/mol. The lowest BCUT2D eigenvalue weighted by atomic mass is 9.84. The molecule has 0 aromatic carbocycles. The maximum Gasteiger partial charge on any atom is 0.00696 e. The Morgan fingerprint density at radius 3 is 2.67 bits per heavy atom. The molecule has 12 heavy (non-hydrogen) atoms. The molecule has 2 unspecified atom stereocenters. The van der Waals surface area contributed by atoms with Crippen LogP contribution in [0, 0.1) is 17.8 Å². The number of nitrogens with one attached hydrogen (secondary N) is 1. The minimum atomic E-state index is 0.769. The summed E-state index contributed by atoms with van der Waals surface area (Å²) in [6.45, 7) is 5.72. The van der Waals surface area contributed by atoms with Gasteiger partial charge in [0, 0.05) is 6.04 Å². The van der Waals surface area contributed by atoms with Crippen LogP contribution in [0.3, 0.4) is 0 Å². The normalized spacial score (nSPS) is 42.0. The smallest absolute Gasteiger partial charge is 0.00696 e. The van der Waals surface area contributed by atoms with Crippen LogP contribution in [0.5, 0.6) is 0 Å². The molecule has 70 valence electrons. The highest BCUT2D eigenvalue weighted by Gasteiger charge is 2.41. The van der Waals surface area contributed by atoms with Crippen LogP contribution in [-0.4, -0.2) is 12.6 Å².